The van der Waals surface area contributed by atoms with Crippen molar-refractivity contribution < 1.29 is 8.42 Å². The van der Waals surface area contributed by atoms with E-state index in [0.29, 0.717) is 19.0 Å². The van der Waals surface area contributed by atoms with Crippen LogP contribution in [-0.2, 0) is 16.4 Å². The number of aliphatic imine (C=N–C) groups is 1. The molecule has 7 heteroatoms. The van der Waals surface area contributed by atoms with Crippen molar-refractivity contribution in [3.63, 3.8) is 0 Å². The molecule has 118 valence electrons. The first-order valence-corrected chi connectivity index (χ1v) is 8.48. The molecule has 1 rings (SSSR count). The monoisotopic (exact) mass is 312 g/mol. The Bertz CT molecular complexity index is 562. The summed E-state index contributed by atoms with van der Waals surface area (Å²) in [6.07, 6.45) is 1.73. The lowest BCUT2D eigenvalue weighted by molar-refractivity contribution is 0.559. The lowest BCUT2D eigenvalue weighted by Crippen LogP contribution is -2.41. The Balaban J connectivity index is 2.43. The van der Waals surface area contributed by atoms with Crippen molar-refractivity contribution in [1.29, 1.82) is 0 Å². The van der Waals surface area contributed by atoms with E-state index in [1.807, 2.05) is 18.2 Å². The Morgan fingerprint density at radius 1 is 1.29 bits per heavy atom. The average Bonchev–Trinajstić information content (AvgIpc) is 2.42. The standard InChI is InChI=1S/C14H24N4O2S/c1-14(2,3)21(19,20)10-9-17-13(15-4)18-11-12-7-5-6-8-16-12/h5-8H,9-11H2,1-4H3,(H2,15,17,18). The summed E-state index contributed by atoms with van der Waals surface area (Å²) in [5.41, 5.74) is 0.891. The second kappa shape index (κ2) is 7.40. The zero-order valence-corrected chi connectivity index (χ0v) is 13.9. The van der Waals surface area contributed by atoms with Gasteiger partial charge >= 0.3 is 0 Å². The molecule has 0 spiro atoms. The molecule has 2 N–H and O–H groups in total. The number of guanidine groups is 1. The molecule has 0 bridgehead atoms. The van der Waals surface area contributed by atoms with E-state index in [-0.39, 0.29) is 5.75 Å². The molecular weight excluding hydrogens is 288 g/mol. The SMILES string of the molecule is CN=C(NCCS(=O)(=O)C(C)(C)C)NCc1ccccn1. The number of hydrogen-bond acceptors (Lipinski definition) is 4. The largest absolute Gasteiger partial charge is 0.355 e. The molecule has 0 aromatic carbocycles. The third kappa shape index (κ3) is 5.71. The summed E-state index contributed by atoms with van der Waals surface area (Å²) in [4.78, 5) is 8.25. The van der Waals surface area contributed by atoms with Gasteiger partial charge in [-0.15, -0.1) is 0 Å². The molecule has 0 radical (unpaired) electrons. The Kier molecular flexibility index (Phi) is 6.14. The van der Waals surface area contributed by atoms with E-state index >= 15 is 0 Å². The van der Waals surface area contributed by atoms with Crippen LogP contribution in [0.4, 0.5) is 0 Å². The zero-order chi connectivity index (χ0) is 15.9. The van der Waals surface area contributed by atoms with E-state index in [0.717, 1.165) is 5.69 Å². The Morgan fingerprint density at radius 2 is 2.00 bits per heavy atom. The van der Waals surface area contributed by atoms with Crippen LogP contribution in [0.2, 0.25) is 0 Å². The molecule has 0 amide bonds. The predicted molar refractivity (Wildman–Crippen MR) is 86.0 cm³/mol. The molecule has 0 fully saturated rings. The topological polar surface area (TPSA) is 83.5 Å². The minimum atomic E-state index is -3.13. The van der Waals surface area contributed by atoms with Gasteiger partial charge in [-0.1, -0.05) is 6.07 Å². The normalized spacial score (nSPS) is 13.0. The molecule has 1 heterocycles. The zero-order valence-electron chi connectivity index (χ0n) is 13.0. The molecule has 0 aliphatic rings. The van der Waals surface area contributed by atoms with E-state index in [9.17, 15) is 8.42 Å². The molecule has 21 heavy (non-hydrogen) atoms. The van der Waals surface area contributed by atoms with Gasteiger partial charge in [0.1, 0.15) is 0 Å². The van der Waals surface area contributed by atoms with E-state index in [1.165, 1.54) is 0 Å². The van der Waals surface area contributed by atoms with Gasteiger partial charge in [0.15, 0.2) is 15.8 Å². The summed E-state index contributed by atoms with van der Waals surface area (Å²) < 4.78 is 23.2. The van der Waals surface area contributed by atoms with Crippen molar-refractivity contribution in [1.82, 2.24) is 15.6 Å². The summed E-state index contributed by atoms with van der Waals surface area (Å²) in [7, 11) is -1.48. The highest BCUT2D eigenvalue weighted by Gasteiger charge is 2.28. The minimum absolute atomic E-state index is 0.0702. The summed E-state index contributed by atoms with van der Waals surface area (Å²) in [5, 5.41) is 6.09. The first-order chi connectivity index (χ1) is 9.76. The molecule has 1 aromatic rings. The van der Waals surface area contributed by atoms with E-state index in [2.05, 4.69) is 20.6 Å². The molecule has 0 aliphatic carbocycles. The maximum Gasteiger partial charge on any atom is 0.191 e. The first kappa shape index (κ1) is 17.4. The molecule has 0 saturated carbocycles. The summed E-state index contributed by atoms with van der Waals surface area (Å²) in [6.45, 7) is 5.97. The highest BCUT2D eigenvalue weighted by Crippen LogP contribution is 2.15. The Morgan fingerprint density at radius 3 is 2.52 bits per heavy atom. The number of rotatable bonds is 5. The Hall–Kier alpha value is -1.63. The number of nitrogens with one attached hydrogen (secondary N) is 2. The quantitative estimate of drug-likeness (QED) is 0.625. The van der Waals surface area contributed by atoms with E-state index < -0.39 is 14.6 Å². The highest BCUT2D eigenvalue weighted by molar-refractivity contribution is 7.92. The summed E-state index contributed by atoms with van der Waals surface area (Å²) in [5.74, 6) is 0.630. The van der Waals surface area contributed by atoms with Gasteiger partial charge < -0.3 is 10.6 Å². The molecule has 0 aliphatic heterocycles. The highest BCUT2D eigenvalue weighted by atomic mass is 32.2. The molecule has 1 aromatic heterocycles. The van der Waals surface area contributed by atoms with Crippen LogP contribution < -0.4 is 10.6 Å². The van der Waals surface area contributed by atoms with Crippen molar-refractivity contribution in [3.05, 3.63) is 30.1 Å². The van der Waals surface area contributed by atoms with Crippen LogP contribution in [0.5, 0.6) is 0 Å². The van der Waals surface area contributed by atoms with Crippen LogP contribution in [0.3, 0.4) is 0 Å². The number of sulfone groups is 1. The van der Waals surface area contributed by atoms with Gasteiger partial charge in [0.2, 0.25) is 0 Å². The third-order valence-corrected chi connectivity index (χ3v) is 5.59. The van der Waals surface area contributed by atoms with Crippen LogP contribution >= 0.6 is 0 Å². The minimum Gasteiger partial charge on any atom is -0.355 e. The predicted octanol–water partition coefficient (Wildman–Crippen LogP) is 0.960. The summed E-state index contributed by atoms with van der Waals surface area (Å²) in [6, 6.07) is 5.67. The maximum absolute atomic E-state index is 12.0. The van der Waals surface area contributed by atoms with Crippen molar-refractivity contribution >= 4 is 15.8 Å². The van der Waals surface area contributed by atoms with Crippen LogP contribution in [0, 0.1) is 0 Å². The van der Waals surface area contributed by atoms with E-state index in [4.69, 9.17) is 0 Å². The molecule has 0 atom stereocenters. The van der Waals surface area contributed by atoms with E-state index in [1.54, 1.807) is 34.0 Å². The molecular formula is C14H24N4O2S. The van der Waals surface area contributed by atoms with Crippen LogP contribution in [0.25, 0.3) is 0 Å². The lowest BCUT2D eigenvalue weighted by atomic mass is 10.3. The number of pyridine rings is 1. The van der Waals surface area contributed by atoms with Crippen molar-refractivity contribution in [2.75, 3.05) is 19.3 Å². The van der Waals surface area contributed by atoms with Gasteiger partial charge in [-0.2, -0.15) is 0 Å². The first-order valence-electron chi connectivity index (χ1n) is 6.83. The van der Waals surface area contributed by atoms with Crippen molar-refractivity contribution in [3.8, 4) is 0 Å². The fourth-order valence-electron chi connectivity index (χ4n) is 1.51. The van der Waals surface area contributed by atoms with Crippen LogP contribution in [0.15, 0.2) is 29.4 Å². The fraction of sp³-hybridized carbons (Fsp3) is 0.571. The maximum atomic E-state index is 12.0. The van der Waals surface area contributed by atoms with Crippen molar-refractivity contribution in [2.24, 2.45) is 4.99 Å². The third-order valence-electron chi connectivity index (χ3n) is 2.98. The molecule has 0 unspecified atom stereocenters. The average molecular weight is 312 g/mol. The van der Waals surface area contributed by atoms with Crippen molar-refractivity contribution in [2.45, 2.75) is 32.1 Å². The number of aromatic nitrogens is 1. The van der Waals surface area contributed by atoms with Gasteiger partial charge in [-0.25, -0.2) is 8.42 Å². The van der Waals surface area contributed by atoms with Gasteiger partial charge in [0.05, 0.1) is 22.7 Å². The van der Waals surface area contributed by atoms with Gasteiger partial charge in [-0.3, -0.25) is 9.98 Å². The van der Waals surface area contributed by atoms with Gasteiger partial charge in [-0.05, 0) is 32.9 Å². The fourth-order valence-corrected chi connectivity index (χ4v) is 2.49. The number of hydrogen-bond donors (Lipinski definition) is 2. The molecule has 0 saturated heterocycles. The summed E-state index contributed by atoms with van der Waals surface area (Å²) >= 11 is 0. The van der Waals surface area contributed by atoms with Crippen LogP contribution in [-0.4, -0.2) is 43.5 Å². The lowest BCUT2D eigenvalue weighted by Gasteiger charge is -2.19. The smallest absolute Gasteiger partial charge is 0.191 e. The number of nitrogens with zero attached hydrogens (tertiary/aromatic N) is 2. The second-order valence-corrected chi connectivity index (χ2v) is 8.47. The van der Waals surface area contributed by atoms with Gasteiger partial charge in [0, 0.05) is 19.8 Å². The van der Waals surface area contributed by atoms with Crippen LogP contribution in [0.1, 0.15) is 26.5 Å². The molecule has 6 nitrogen and oxygen atoms in total. The second-order valence-electron chi connectivity index (χ2n) is 5.60. The van der Waals surface area contributed by atoms with Gasteiger partial charge in [0.25, 0.3) is 0 Å². The Labute approximate surface area is 127 Å².